The van der Waals surface area contributed by atoms with E-state index in [2.05, 4.69) is 35.6 Å². The van der Waals surface area contributed by atoms with Gasteiger partial charge in [0, 0.05) is 16.5 Å². The topological polar surface area (TPSA) is 30.7 Å². The van der Waals surface area contributed by atoms with E-state index in [0.717, 1.165) is 16.3 Å². The highest BCUT2D eigenvalue weighted by Crippen LogP contribution is 2.31. The van der Waals surface area contributed by atoms with Crippen LogP contribution in [-0.4, -0.2) is 17.0 Å². The van der Waals surface area contributed by atoms with E-state index in [4.69, 9.17) is 4.74 Å². The summed E-state index contributed by atoms with van der Waals surface area (Å²) in [6.45, 7) is 4.30. The van der Waals surface area contributed by atoms with E-state index in [1.54, 1.807) is 0 Å². The molecule has 0 aliphatic rings. The molecule has 2 aromatic carbocycles. The van der Waals surface area contributed by atoms with Crippen molar-refractivity contribution in [2.24, 2.45) is 0 Å². The van der Waals surface area contributed by atoms with Crippen LogP contribution in [0.3, 0.4) is 0 Å². The normalized spacial score (nSPS) is 11.4. The number of carbonyl (C=O) groups excluding carboxylic acids is 1. The predicted molar refractivity (Wildman–Crippen MR) is 93.1 cm³/mol. The van der Waals surface area contributed by atoms with Crippen LogP contribution in [0.2, 0.25) is 0 Å². The Labute approximate surface area is 134 Å². The number of nitrogens with zero attached hydrogens (tertiary/aromatic N) is 1. The molecule has 0 radical (unpaired) electrons. The molecule has 2 heterocycles. The van der Waals surface area contributed by atoms with Gasteiger partial charge < -0.3 is 9.14 Å². The number of hydrogen-bond donors (Lipinski definition) is 0. The predicted octanol–water partition coefficient (Wildman–Crippen LogP) is 4.73. The second kappa shape index (κ2) is 5.13. The maximum atomic E-state index is 12.1. The molecule has 3 nitrogen and oxygen atoms in total. The van der Waals surface area contributed by atoms with Crippen molar-refractivity contribution in [1.82, 2.24) is 4.40 Å². The molecule has 4 aromatic rings. The average Bonchev–Trinajstić information content (AvgIpc) is 2.97. The lowest BCUT2D eigenvalue weighted by molar-refractivity contribution is 0.0526. The smallest absolute Gasteiger partial charge is 0.338 e. The highest BCUT2D eigenvalue weighted by Gasteiger charge is 2.13. The zero-order valence-electron chi connectivity index (χ0n) is 13.2. The summed E-state index contributed by atoms with van der Waals surface area (Å²) in [4.78, 5) is 12.1. The number of pyridine rings is 1. The Hall–Kier alpha value is -2.81. The van der Waals surface area contributed by atoms with Gasteiger partial charge in [-0.05, 0) is 49.6 Å². The maximum Gasteiger partial charge on any atom is 0.338 e. The van der Waals surface area contributed by atoms with Crippen molar-refractivity contribution in [2.45, 2.75) is 13.8 Å². The van der Waals surface area contributed by atoms with Crippen molar-refractivity contribution in [3.63, 3.8) is 0 Å². The van der Waals surface area contributed by atoms with E-state index in [1.807, 2.05) is 37.3 Å². The first-order valence-electron chi connectivity index (χ1n) is 7.80. The number of aryl methyl sites for hydroxylation is 1. The number of rotatable bonds is 2. The lowest BCUT2D eigenvalue weighted by Gasteiger charge is -2.12. The number of aromatic nitrogens is 1. The molecule has 4 rings (SSSR count). The van der Waals surface area contributed by atoms with Gasteiger partial charge in [0.2, 0.25) is 0 Å². The summed E-state index contributed by atoms with van der Waals surface area (Å²) >= 11 is 0. The van der Waals surface area contributed by atoms with Crippen molar-refractivity contribution < 1.29 is 9.53 Å². The van der Waals surface area contributed by atoms with Crippen LogP contribution in [0.15, 0.2) is 54.6 Å². The summed E-state index contributed by atoms with van der Waals surface area (Å²) in [5, 5.41) is 3.41. The van der Waals surface area contributed by atoms with E-state index >= 15 is 0 Å². The zero-order valence-corrected chi connectivity index (χ0v) is 13.2. The molecule has 23 heavy (non-hydrogen) atoms. The Morgan fingerprint density at radius 1 is 0.957 bits per heavy atom. The summed E-state index contributed by atoms with van der Waals surface area (Å²) < 4.78 is 7.38. The van der Waals surface area contributed by atoms with Crippen LogP contribution in [0.1, 0.15) is 23.0 Å². The molecule has 0 saturated carbocycles. The Bertz CT molecular complexity index is 1060. The van der Waals surface area contributed by atoms with Crippen LogP contribution < -0.4 is 0 Å². The number of esters is 1. The van der Waals surface area contributed by atoms with Gasteiger partial charge in [-0.3, -0.25) is 0 Å². The van der Waals surface area contributed by atoms with Crippen LogP contribution in [0, 0.1) is 6.92 Å². The van der Waals surface area contributed by atoms with Gasteiger partial charge in [0.05, 0.1) is 23.2 Å². The molecule has 0 amide bonds. The van der Waals surface area contributed by atoms with Gasteiger partial charge >= 0.3 is 5.97 Å². The van der Waals surface area contributed by atoms with Gasteiger partial charge in [0.15, 0.2) is 0 Å². The minimum Gasteiger partial charge on any atom is -0.462 e. The van der Waals surface area contributed by atoms with Gasteiger partial charge in [-0.1, -0.05) is 24.3 Å². The third-order valence-corrected chi connectivity index (χ3v) is 4.32. The van der Waals surface area contributed by atoms with Crippen molar-refractivity contribution >= 4 is 33.2 Å². The summed E-state index contributed by atoms with van der Waals surface area (Å²) in [6, 6.07) is 18.4. The molecule has 114 valence electrons. The first-order valence-corrected chi connectivity index (χ1v) is 7.80. The lowest BCUT2D eigenvalue weighted by Crippen LogP contribution is -2.04. The minimum absolute atomic E-state index is 0.275. The molecular weight excluding hydrogens is 286 g/mol. The first kappa shape index (κ1) is 13.8. The van der Waals surface area contributed by atoms with Gasteiger partial charge in [-0.25, -0.2) is 4.79 Å². The molecule has 0 aliphatic heterocycles. The van der Waals surface area contributed by atoms with Crippen molar-refractivity contribution in [3.05, 3.63) is 65.9 Å². The van der Waals surface area contributed by atoms with Crippen molar-refractivity contribution in [3.8, 4) is 0 Å². The number of fused-ring (bicyclic) bond motifs is 6. The molecule has 0 unspecified atom stereocenters. The fourth-order valence-corrected chi connectivity index (χ4v) is 3.30. The summed E-state index contributed by atoms with van der Waals surface area (Å²) in [7, 11) is 0. The van der Waals surface area contributed by atoms with Crippen LogP contribution >= 0.6 is 0 Å². The van der Waals surface area contributed by atoms with Gasteiger partial charge in [0.1, 0.15) is 0 Å². The van der Waals surface area contributed by atoms with E-state index in [0.29, 0.717) is 12.2 Å². The summed E-state index contributed by atoms with van der Waals surface area (Å²) in [5.74, 6) is -0.275. The first-order chi connectivity index (χ1) is 11.2. The monoisotopic (exact) mass is 303 g/mol. The zero-order chi connectivity index (χ0) is 16.0. The Morgan fingerprint density at radius 2 is 1.65 bits per heavy atom. The highest BCUT2D eigenvalue weighted by molar-refractivity contribution is 6.14. The second-order valence-electron chi connectivity index (χ2n) is 5.69. The van der Waals surface area contributed by atoms with Gasteiger partial charge in [-0.2, -0.15) is 0 Å². The van der Waals surface area contributed by atoms with Crippen LogP contribution in [0.5, 0.6) is 0 Å². The van der Waals surface area contributed by atoms with Crippen molar-refractivity contribution in [2.75, 3.05) is 6.61 Å². The molecule has 0 fully saturated rings. The average molecular weight is 303 g/mol. The van der Waals surface area contributed by atoms with Crippen LogP contribution in [0.25, 0.3) is 27.2 Å². The third-order valence-electron chi connectivity index (χ3n) is 4.32. The number of carbonyl (C=O) groups is 1. The number of benzene rings is 2. The molecule has 3 heteroatoms. The molecule has 0 atom stereocenters. The molecular formula is C20H17NO2. The largest absolute Gasteiger partial charge is 0.462 e. The Kier molecular flexibility index (Phi) is 3.08. The van der Waals surface area contributed by atoms with Crippen LogP contribution in [-0.2, 0) is 4.74 Å². The van der Waals surface area contributed by atoms with Gasteiger partial charge in [-0.15, -0.1) is 0 Å². The molecule has 2 aromatic heterocycles. The molecule has 0 N–H and O–H groups in total. The van der Waals surface area contributed by atoms with E-state index in [9.17, 15) is 4.79 Å². The minimum atomic E-state index is -0.275. The quantitative estimate of drug-likeness (QED) is 0.396. The van der Waals surface area contributed by atoms with E-state index in [-0.39, 0.29) is 5.97 Å². The van der Waals surface area contributed by atoms with Gasteiger partial charge in [0.25, 0.3) is 0 Å². The standard InChI is InChI=1S/C20H17NO2/c1-3-23-20(22)14-9-11-19-17(12-14)15-6-4-5-7-16(15)18-10-8-13(2)21(18)19/h4-12H,3H2,1-2H3. The Morgan fingerprint density at radius 3 is 2.43 bits per heavy atom. The molecule has 0 bridgehead atoms. The fraction of sp³-hybridized carbons (Fsp3) is 0.150. The van der Waals surface area contributed by atoms with E-state index < -0.39 is 0 Å². The summed E-state index contributed by atoms with van der Waals surface area (Å²) in [5.41, 5.74) is 4.07. The number of hydrogen-bond acceptors (Lipinski definition) is 2. The third kappa shape index (κ3) is 2.00. The number of ether oxygens (including phenoxy) is 1. The van der Waals surface area contributed by atoms with E-state index in [1.165, 1.54) is 16.6 Å². The SMILES string of the molecule is CCOC(=O)c1ccc2c(c1)c1ccccc1c1ccc(C)n12. The maximum absolute atomic E-state index is 12.1. The fourth-order valence-electron chi connectivity index (χ4n) is 3.30. The van der Waals surface area contributed by atoms with Crippen molar-refractivity contribution in [1.29, 1.82) is 0 Å². The second-order valence-corrected chi connectivity index (χ2v) is 5.69. The van der Waals surface area contributed by atoms with Crippen LogP contribution in [0.4, 0.5) is 0 Å². The summed E-state index contributed by atoms with van der Waals surface area (Å²) in [6.07, 6.45) is 0. The Balaban J connectivity index is 2.16. The molecule has 0 saturated heterocycles. The molecule has 0 spiro atoms. The lowest BCUT2D eigenvalue weighted by atomic mass is 10.0. The highest BCUT2D eigenvalue weighted by atomic mass is 16.5. The molecule has 0 aliphatic carbocycles.